The van der Waals surface area contributed by atoms with E-state index in [9.17, 15) is 9.59 Å². The first-order valence-electron chi connectivity index (χ1n) is 9.98. The van der Waals surface area contributed by atoms with Gasteiger partial charge in [0, 0.05) is 10.6 Å². The first kappa shape index (κ1) is 20.7. The molecule has 1 fully saturated rings. The summed E-state index contributed by atoms with van der Waals surface area (Å²) < 4.78 is 11.3. The van der Waals surface area contributed by atoms with Crippen LogP contribution in [0, 0.1) is 5.92 Å². The number of esters is 1. The summed E-state index contributed by atoms with van der Waals surface area (Å²) in [4.78, 5) is 26.0. The number of ether oxygens (including phenoxy) is 2. The molecule has 28 heavy (non-hydrogen) atoms. The Morgan fingerprint density at radius 3 is 2.50 bits per heavy atom. The Labute approximate surface area is 171 Å². The molecule has 1 spiro atoms. The molecule has 1 N–H and O–H groups in total. The monoisotopic (exact) mass is 405 g/mol. The maximum Gasteiger partial charge on any atom is 0.315 e. The van der Waals surface area contributed by atoms with Gasteiger partial charge in [-0.1, -0.05) is 51.6 Å². The zero-order chi connectivity index (χ0) is 20.5. The molecule has 1 aromatic rings. The minimum atomic E-state index is -0.699. The molecule has 0 atom stereocenters. The molecular weight excluding hydrogens is 378 g/mol. The van der Waals surface area contributed by atoms with Gasteiger partial charge in [0.05, 0.1) is 18.6 Å². The van der Waals surface area contributed by atoms with Crippen LogP contribution in [-0.2, 0) is 20.7 Å². The molecule has 3 rings (SSSR count). The van der Waals surface area contributed by atoms with Crippen molar-refractivity contribution in [1.29, 1.82) is 0 Å². The Hall–Kier alpha value is -2.01. The fourth-order valence-electron chi connectivity index (χ4n) is 4.07. The predicted octanol–water partition coefficient (Wildman–Crippen LogP) is 4.65. The molecule has 1 saturated carbocycles. The van der Waals surface area contributed by atoms with Crippen molar-refractivity contribution < 1.29 is 19.1 Å². The first-order valence-corrected chi connectivity index (χ1v) is 10.4. The molecule has 2 aliphatic rings. The second-order valence-corrected chi connectivity index (χ2v) is 8.31. The number of hydrogen-bond donors (Lipinski definition) is 1. The highest BCUT2D eigenvalue weighted by molar-refractivity contribution is 6.32. The van der Waals surface area contributed by atoms with Crippen molar-refractivity contribution in [2.24, 2.45) is 5.92 Å². The zero-order valence-electron chi connectivity index (χ0n) is 17.0. The molecule has 6 heteroatoms. The Morgan fingerprint density at radius 2 is 1.93 bits per heavy atom. The number of benzene rings is 1. The number of nitrogens with one attached hydrogen (secondary N) is 1. The molecule has 152 valence electrons. The summed E-state index contributed by atoms with van der Waals surface area (Å²) in [6.07, 6.45) is 5.18. The molecule has 1 aliphatic heterocycles. The highest BCUT2D eigenvalue weighted by Crippen LogP contribution is 2.44. The van der Waals surface area contributed by atoms with E-state index in [1.54, 1.807) is 27.0 Å². The van der Waals surface area contributed by atoms with Crippen molar-refractivity contribution in [3.05, 3.63) is 34.2 Å². The summed E-state index contributed by atoms with van der Waals surface area (Å²) >= 11 is 6.25. The number of carbonyl (C=O) groups is 2. The van der Waals surface area contributed by atoms with Gasteiger partial charge < -0.3 is 14.8 Å². The van der Waals surface area contributed by atoms with Gasteiger partial charge in [0.25, 0.3) is 0 Å². The number of Topliss-reactive ketones (excluding diaryl/α,β-unsaturated/α-hetero) is 1. The highest BCUT2D eigenvalue weighted by Gasteiger charge is 2.50. The largest absolute Gasteiger partial charge is 0.496 e. The Balaban J connectivity index is 2.17. The molecule has 0 saturated heterocycles. The minimum Gasteiger partial charge on any atom is -0.496 e. The number of hydrogen-bond acceptors (Lipinski definition) is 5. The van der Waals surface area contributed by atoms with E-state index in [-0.39, 0.29) is 23.6 Å². The Morgan fingerprint density at radius 1 is 1.25 bits per heavy atom. The lowest BCUT2D eigenvalue weighted by Crippen LogP contribution is -2.48. The minimum absolute atomic E-state index is 0.0194. The van der Waals surface area contributed by atoms with Gasteiger partial charge in [-0.25, -0.2) is 0 Å². The molecule has 0 aromatic heterocycles. The molecule has 1 aliphatic carbocycles. The molecule has 0 amide bonds. The average Bonchev–Trinajstić information content (AvgIpc) is 2.92. The third kappa shape index (κ3) is 3.64. The van der Waals surface area contributed by atoms with E-state index in [4.69, 9.17) is 21.1 Å². The number of aryl methyl sites for hydroxylation is 1. The fraction of sp³-hybridized carbons (Fsp3) is 0.545. The lowest BCUT2D eigenvalue weighted by atomic mass is 9.77. The summed E-state index contributed by atoms with van der Waals surface area (Å²) in [7, 11) is 1.55. The fourth-order valence-corrected chi connectivity index (χ4v) is 4.30. The number of ketones is 1. The third-order valence-corrected chi connectivity index (χ3v) is 5.84. The zero-order valence-corrected chi connectivity index (χ0v) is 17.7. The molecule has 5 nitrogen and oxygen atoms in total. The van der Waals surface area contributed by atoms with E-state index in [2.05, 4.69) is 5.32 Å². The smallest absolute Gasteiger partial charge is 0.315 e. The van der Waals surface area contributed by atoms with Crippen LogP contribution in [0.1, 0.15) is 64.0 Å². The molecular formula is C22H28ClNO4. The maximum atomic E-state index is 13.7. The van der Waals surface area contributed by atoms with Crippen LogP contribution in [0.2, 0.25) is 5.02 Å². The van der Waals surface area contributed by atoms with Crippen LogP contribution in [0.3, 0.4) is 0 Å². The van der Waals surface area contributed by atoms with Gasteiger partial charge in [-0.05, 0) is 37.0 Å². The van der Waals surface area contributed by atoms with Gasteiger partial charge in [0.1, 0.15) is 11.3 Å². The summed E-state index contributed by atoms with van der Waals surface area (Å²) in [5.41, 5.74) is 1.26. The van der Waals surface area contributed by atoms with E-state index in [1.807, 2.05) is 13.0 Å². The normalized spacial score (nSPS) is 18.6. The lowest BCUT2D eigenvalue weighted by molar-refractivity contribution is -0.143. The average molecular weight is 406 g/mol. The molecule has 0 radical (unpaired) electrons. The second-order valence-electron chi connectivity index (χ2n) is 7.87. The van der Waals surface area contributed by atoms with E-state index in [1.165, 1.54) is 0 Å². The topological polar surface area (TPSA) is 64.6 Å². The van der Waals surface area contributed by atoms with Gasteiger partial charge in [-0.3, -0.25) is 9.59 Å². The van der Waals surface area contributed by atoms with Crippen molar-refractivity contribution in [3.8, 4) is 5.75 Å². The number of rotatable bonds is 5. The predicted molar refractivity (Wildman–Crippen MR) is 109 cm³/mol. The number of methoxy groups -OCH3 is 1. The van der Waals surface area contributed by atoms with Crippen molar-refractivity contribution in [2.45, 2.75) is 64.8 Å². The quantitative estimate of drug-likeness (QED) is 0.722. The Kier molecular flexibility index (Phi) is 6.04. The molecule has 1 aromatic carbocycles. The number of carbonyl (C=O) groups excluding carboxylic acids is 2. The van der Waals surface area contributed by atoms with Gasteiger partial charge >= 0.3 is 5.97 Å². The van der Waals surface area contributed by atoms with Crippen molar-refractivity contribution in [1.82, 2.24) is 5.32 Å². The van der Waals surface area contributed by atoms with E-state index < -0.39 is 5.54 Å². The lowest BCUT2D eigenvalue weighted by Gasteiger charge is -2.33. The molecule has 0 unspecified atom stereocenters. The molecule has 1 heterocycles. The summed E-state index contributed by atoms with van der Waals surface area (Å²) in [5, 5.41) is 3.85. The highest BCUT2D eigenvalue weighted by atomic mass is 35.5. The van der Waals surface area contributed by atoms with Crippen LogP contribution in [0.4, 0.5) is 0 Å². The van der Waals surface area contributed by atoms with Crippen LogP contribution in [0.15, 0.2) is 18.0 Å². The standard InChI is InChI=1S/C22H28ClNO4/c1-5-14-11-15(23)12-16(27-4)17(14)18-19(25)22(9-7-6-8-10-22)24-20(18)28-21(26)13(2)3/h11-13,24H,5-10H2,1-4H3. The summed E-state index contributed by atoms with van der Waals surface area (Å²) in [5.74, 6) is 0.0772. The van der Waals surface area contributed by atoms with Gasteiger partial charge in [0.2, 0.25) is 5.88 Å². The number of halogens is 1. The van der Waals surface area contributed by atoms with Crippen LogP contribution < -0.4 is 10.1 Å². The van der Waals surface area contributed by atoms with Gasteiger partial charge in [-0.2, -0.15) is 0 Å². The maximum absolute atomic E-state index is 13.7. The van der Waals surface area contributed by atoms with Crippen LogP contribution in [0.25, 0.3) is 5.57 Å². The summed E-state index contributed by atoms with van der Waals surface area (Å²) in [6.45, 7) is 5.55. The van der Waals surface area contributed by atoms with Crippen molar-refractivity contribution in [3.63, 3.8) is 0 Å². The summed E-state index contributed by atoms with van der Waals surface area (Å²) in [6, 6.07) is 3.54. The third-order valence-electron chi connectivity index (χ3n) is 5.62. The van der Waals surface area contributed by atoms with Crippen LogP contribution in [0.5, 0.6) is 5.75 Å². The van der Waals surface area contributed by atoms with E-state index in [0.29, 0.717) is 28.3 Å². The van der Waals surface area contributed by atoms with Crippen molar-refractivity contribution >= 4 is 28.9 Å². The SMILES string of the molecule is CCc1cc(Cl)cc(OC)c1C1=C(OC(=O)C(C)C)NC2(CCCCC2)C1=O. The van der Waals surface area contributed by atoms with Crippen LogP contribution >= 0.6 is 11.6 Å². The first-order chi connectivity index (χ1) is 13.3. The second kappa shape index (κ2) is 8.16. The van der Waals surface area contributed by atoms with E-state index in [0.717, 1.165) is 37.7 Å². The Bertz CT molecular complexity index is 797. The van der Waals surface area contributed by atoms with Crippen molar-refractivity contribution in [2.75, 3.05) is 7.11 Å². The van der Waals surface area contributed by atoms with E-state index >= 15 is 0 Å². The van der Waals surface area contributed by atoms with Gasteiger partial charge in [-0.15, -0.1) is 0 Å². The van der Waals surface area contributed by atoms with Crippen LogP contribution in [-0.4, -0.2) is 24.4 Å². The molecule has 0 bridgehead atoms. The van der Waals surface area contributed by atoms with Gasteiger partial charge in [0.15, 0.2) is 5.78 Å².